The van der Waals surface area contributed by atoms with Crippen LogP contribution in [0.1, 0.15) is 11.3 Å². The van der Waals surface area contributed by atoms with Crippen molar-refractivity contribution in [2.24, 2.45) is 0 Å². The molecule has 0 aliphatic rings. The van der Waals surface area contributed by atoms with E-state index in [0.717, 1.165) is 16.8 Å². The first-order valence-electron chi connectivity index (χ1n) is 6.23. The fraction of sp³-hybridized carbons (Fsp3) is 0. The molecule has 1 nitrogen and oxygen atoms in total. The Morgan fingerprint density at radius 3 is 2.53 bits per heavy atom. The Morgan fingerprint density at radius 1 is 0.895 bits per heavy atom. The van der Waals surface area contributed by atoms with Gasteiger partial charge in [0.05, 0.1) is 5.69 Å². The standard InChI is InChI=1S/C18H13N/c1-2-8-15(9-3-1)10-4-6-12-17-14-16-11-5-7-13-18(16)19-17/h1-5,7-11,13-14,19H/b10-4+. The van der Waals surface area contributed by atoms with Crippen LogP contribution in [0.15, 0.2) is 66.7 Å². The van der Waals surface area contributed by atoms with Gasteiger partial charge in [0, 0.05) is 10.9 Å². The fourth-order valence-corrected chi connectivity index (χ4v) is 1.96. The maximum atomic E-state index is 3.29. The highest BCUT2D eigenvalue weighted by Crippen LogP contribution is 2.13. The number of allylic oxidation sites excluding steroid dienone is 1. The summed E-state index contributed by atoms with van der Waals surface area (Å²) in [5.74, 6) is 6.16. The van der Waals surface area contributed by atoms with E-state index in [1.807, 2.05) is 42.5 Å². The molecule has 0 amide bonds. The van der Waals surface area contributed by atoms with E-state index in [1.165, 1.54) is 5.39 Å². The van der Waals surface area contributed by atoms with E-state index in [0.29, 0.717) is 0 Å². The number of para-hydroxylation sites is 1. The quantitative estimate of drug-likeness (QED) is 0.615. The third kappa shape index (κ3) is 2.75. The SMILES string of the molecule is C(#Cc1cc2ccccc2[nH]1)/C=C/c1ccccc1. The minimum atomic E-state index is 0.943. The summed E-state index contributed by atoms with van der Waals surface area (Å²) >= 11 is 0. The van der Waals surface area contributed by atoms with Gasteiger partial charge in [-0.25, -0.2) is 0 Å². The lowest BCUT2D eigenvalue weighted by Gasteiger charge is -1.87. The van der Waals surface area contributed by atoms with E-state index < -0.39 is 0 Å². The van der Waals surface area contributed by atoms with E-state index in [2.05, 4.69) is 47.2 Å². The maximum Gasteiger partial charge on any atom is 0.0907 e. The second-order valence-corrected chi connectivity index (χ2v) is 4.28. The number of aromatic nitrogens is 1. The summed E-state index contributed by atoms with van der Waals surface area (Å²) < 4.78 is 0. The van der Waals surface area contributed by atoms with E-state index >= 15 is 0 Å². The Kier molecular flexibility index (Phi) is 3.16. The number of hydrogen-bond acceptors (Lipinski definition) is 0. The van der Waals surface area contributed by atoms with Gasteiger partial charge in [0.1, 0.15) is 0 Å². The predicted molar refractivity (Wildman–Crippen MR) is 80.7 cm³/mol. The average Bonchev–Trinajstić information content (AvgIpc) is 2.87. The van der Waals surface area contributed by atoms with Gasteiger partial charge in [-0.2, -0.15) is 0 Å². The first-order chi connectivity index (χ1) is 9.42. The van der Waals surface area contributed by atoms with Crippen LogP contribution in [0.2, 0.25) is 0 Å². The van der Waals surface area contributed by atoms with Crippen LogP contribution in [0.25, 0.3) is 17.0 Å². The lowest BCUT2D eigenvalue weighted by Crippen LogP contribution is -1.70. The molecule has 2 aromatic carbocycles. The van der Waals surface area contributed by atoms with Gasteiger partial charge in [0.25, 0.3) is 0 Å². The smallest absolute Gasteiger partial charge is 0.0907 e. The summed E-state index contributed by atoms with van der Waals surface area (Å²) in [6, 6.07) is 20.4. The van der Waals surface area contributed by atoms with Crippen molar-refractivity contribution in [3.05, 3.63) is 78.0 Å². The summed E-state index contributed by atoms with van der Waals surface area (Å²) in [5.41, 5.74) is 3.23. The zero-order chi connectivity index (χ0) is 12.9. The number of aromatic amines is 1. The van der Waals surface area contributed by atoms with Gasteiger partial charge in [0.15, 0.2) is 0 Å². The number of fused-ring (bicyclic) bond motifs is 1. The predicted octanol–water partition coefficient (Wildman–Crippen LogP) is 4.23. The number of benzene rings is 2. The van der Waals surface area contributed by atoms with Gasteiger partial charge < -0.3 is 4.98 Å². The molecule has 1 heterocycles. The van der Waals surface area contributed by atoms with Crippen molar-refractivity contribution < 1.29 is 0 Å². The van der Waals surface area contributed by atoms with Crippen molar-refractivity contribution in [2.45, 2.75) is 0 Å². The molecule has 1 heteroatoms. The molecule has 90 valence electrons. The Labute approximate surface area is 112 Å². The second-order valence-electron chi connectivity index (χ2n) is 4.28. The number of nitrogens with one attached hydrogen (secondary N) is 1. The second kappa shape index (κ2) is 5.29. The molecule has 0 unspecified atom stereocenters. The van der Waals surface area contributed by atoms with Gasteiger partial charge >= 0.3 is 0 Å². The molecule has 0 fully saturated rings. The van der Waals surface area contributed by atoms with Crippen molar-refractivity contribution in [1.29, 1.82) is 0 Å². The highest BCUT2D eigenvalue weighted by Gasteiger charge is 1.95. The topological polar surface area (TPSA) is 15.8 Å². The van der Waals surface area contributed by atoms with Crippen LogP contribution in [0, 0.1) is 11.8 Å². The van der Waals surface area contributed by atoms with Crippen molar-refractivity contribution in [3.8, 4) is 11.8 Å². The van der Waals surface area contributed by atoms with Gasteiger partial charge in [-0.1, -0.05) is 54.5 Å². The molecule has 0 aliphatic carbocycles. The third-order valence-corrected chi connectivity index (χ3v) is 2.90. The summed E-state index contributed by atoms with van der Waals surface area (Å²) in [6.45, 7) is 0. The van der Waals surface area contributed by atoms with E-state index in [9.17, 15) is 0 Å². The first-order valence-corrected chi connectivity index (χ1v) is 6.23. The Bertz CT molecular complexity index is 734. The van der Waals surface area contributed by atoms with Crippen LogP contribution >= 0.6 is 0 Å². The number of hydrogen-bond donors (Lipinski definition) is 1. The molecule has 1 N–H and O–H groups in total. The summed E-state index contributed by atoms with van der Waals surface area (Å²) in [7, 11) is 0. The monoisotopic (exact) mass is 243 g/mol. The van der Waals surface area contributed by atoms with Crippen LogP contribution in [0.3, 0.4) is 0 Å². The normalized spacial score (nSPS) is 10.5. The lowest BCUT2D eigenvalue weighted by atomic mass is 10.2. The summed E-state index contributed by atoms with van der Waals surface area (Å²) in [4.78, 5) is 3.29. The van der Waals surface area contributed by atoms with E-state index in [4.69, 9.17) is 0 Å². The van der Waals surface area contributed by atoms with E-state index in [-0.39, 0.29) is 0 Å². The van der Waals surface area contributed by atoms with Crippen LogP contribution in [0.4, 0.5) is 0 Å². The fourth-order valence-electron chi connectivity index (χ4n) is 1.96. The Balaban J connectivity index is 1.79. The molecular formula is C18H13N. The molecule has 0 bridgehead atoms. The molecular weight excluding hydrogens is 230 g/mol. The van der Waals surface area contributed by atoms with Crippen molar-refractivity contribution >= 4 is 17.0 Å². The van der Waals surface area contributed by atoms with Gasteiger partial charge in [-0.15, -0.1) is 0 Å². The minimum absolute atomic E-state index is 0.943. The van der Waals surface area contributed by atoms with Gasteiger partial charge in [-0.05, 0) is 35.8 Å². The number of H-pyrrole nitrogens is 1. The molecule has 0 aliphatic heterocycles. The molecule has 3 aromatic rings. The summed E-state index contributed by atoms with van der Waals surface area (Å²) in [6.07, 6.45) is 3.89. The van der Waals surface area contributed by atoms with Gasteiger partial charge in [0.2, 0.25) is 0 Å². The molecule has 3 rings (SSSR count). The van der Waals surface area contributed by atoms with Crippen molar-refractivity contribution in [3.63, 3.8) is 0 Å². The highest BCUT2D eigenvalue weighted by molar-refractivity contribution is 5.81. The molecule has 19 heavy (non-hydrogen) atoms. The molecule has 0 atom stereocenters. The lowest BCUT2D eigenvalue weighted by molar-refractivity contribution is 1.42. The Hall–Kier alpha value is -2.72. The van der Waals surface area contributed by atoms with Crippen LogP contribution in [-0.2, 0) is 0 Å². The van der Waals surface area contributed by atoms with Gasteiger partial charge in [-0.3, -0.25) is 0 Å². The van der Waals surface area contributed by atoms with Crippen LogP contribution in [-0.4, -0.2) is 4.98 Å². The molecule has 0 saturated heterocycles. The van der Waals surface area contributed by atoms with Crippen molar-refractivity contribution in [2.75, 3.05) is 0 Å². The molecule has 0 saturated carbocycles. The third-order valence-electron chi connectivity index (χ3n) is 2.90. The minimum Gasteiger partial charge on any atom is -0.348 e. The molecule has 0 radical (unpaired) electrons. The molecule has 1 aromatic heterocycles. The van der Waals surface area contributed by atoms with Crippen LogP contribution in [0.5, 0.6) is 0 Å². The largest absolute Gasteiger partial charge is 0.348 e. The first kappa shape index (κ1) is 11.4. The van der Waals surface area contributed by atoms with Crippen molar-refractivity contribution in [1.82, 2.24) is 4.98 Å². The maximum absolute atomic E-state index is 3.29. The number of rotatable bonds is 1. The highest BCUT2D eigenvalue weighted by atomic mass is 14.7. The average molecular weight is 243 g/mol. The van der Waals surface area contributed by atoms with Crippen LogP contribution < -0.4 is 0 Å². The Morgan fingerprint density at radius 2 is 1.68 bits per heavy atom. The van der Waals surface area contributed by atoms with E-state index in [1.54, 1.807) is 0 Å². The zero-order valence-corrected chi connectivity index (χ0v) is 10.4. The molecule has 0 spiro atoms. The zero-order valence-electron chi connectivity index (χ0n) is 10.4. The summed E-state index contributed by atoms with van der Waals surface area (Å²) in [5, 5.41) is 1.19.